The lowest BCUT2D eigenvalue weighted by atomic mass is 9.88. The average molecular weight is 586 g/mol. The van der Waals surface area contributed by atoms with Crippen LogP contribution in [0.4, 0.5) is 15.9 Å². The molecule has 3 aromatic heterocycles. The highest BCUT2D eigenvalue weighted by atomic mass is 19.1. The van der Waals surface area contributed by atoms with Crippen molar-refractivity contribution in [1.82, 2.24) is 29.5 Å². The molecule has 0 saturated carbocycles. The molecule has 0 aliphatic carbocycles. The summed E-state index contributed by atoms with van der Waals surface area (Å²) in [6, 6.07) is 10.7. The van der Waals surface area contributed by atoms with E-state index in [2.05, 4.69) is 26.6 Å². The molecule has 0 spiro atoms. The van der Waals surface area contributed by atoms with Gasteiger partial charge in [0.1, 0.15) is 17.3 Å². The Kier molecular flexibility index (Phi) is 8.09. The number of halogens is 1. The summed E-state index contributed by atoms with van der Waals surface area (Å²) < 4.78 is 15.6. The number of carbonyl (C=O) groups is 2. The molecule has 2 fully saturated rings. The van der Waals surface area contributed by atoms with Crippen molar-refractivity contribution in [2.75, 3.05) is 39.1 Å². The van der Waals surface area contributed by atoms with E-state index in [9.17, 15) is 14.0 Å². The van der Waals surface area contributed by atoms with Crippen molar-refractivity contribution in [3.05, 3.63) is 77.0 Å². The molecule has 11 heteroatoms. The van der Waals surface area contributed by atoms with E-state index < -0.39 is 0 Å². The predicted octanol–water partition coefficient (Wildman–Crippen LogP) is 4.06. The summed E-state index contributed by atoms with van der Waals surface area (Å²) >= 11 is 0. The number of carbonyl (C=O) groups excluding carboxylic acids is 2. The minimum absolute atomic E-state index is 0.150. The predicted molar refractivity (Wildman–Crippen MR) is 162 cm³/mol. The molecular formula is C32H36FN7O3. The number of imidazole rings is 1. The molecule has 3 aliphatic heterocycles. The van der Waals surface area contributed by atoms with Gasteiger partial charge in [-0.15, -0.1) is 0 Å². The van der Waals surface area contributed by atoms with Crippen molar-refractivity contribution in [3.63, 3.8) is 0 Å². The molecule has 10 nitrogen and oxygen atoms in total. The fraction of sp³-hybridized carbons (Fsp3) is 0.375. The standard InChI is InChI=1S/C31H32FN7O2.CH4O/c1-37-12-8-19(14-29(37)40)21-5-7-27(36-25(21)18-38-10-2-3-11-38)35-24-6-4-22(23-16-34-31(41)30(23)24)26-17-33-28-15-20(32)9-13-39(26)28;1-2/h4-7,9,13,15,17,19H,2-3,8,10-12,14,16,18H2,1H3,(H,34,41)(H,35,36);2H,1H3. The lowest BCUT2D eigenvalue weighted by Crippen LogP contribution is -2.35. The molecule has 0 radical (unpaired) electrons. The Bertz CT molecular complexity index is 1680. The van der Waals surface area contributed by atoms with Crippen LogP contribution in [0.2, 0.25) is 0 Å². The molecule has 2 amide bonds. The molecule has 43 heavy (non-hydrogen) atoms. The fourth-order valence-electron chi connectivity index (χ4n) is 6.43. The van der Waals surface area contributed by atoms with Gasteiger partial charge < -0.3 is 20.6 Å². The van der Waals surface area contributed by atoms with Crippen LogP contribution >= 0.6 is 0 Å². The van der Waals surface area contributed by atoms with Crippen molar-refractivity contribution in [2.24, 2.45) is 0 Å². The molecule has 224 valence electrons. The zero-order valence-corrected chi connectivity index (χ0v) is 24.4. The monoisotopic (exact) mass is 585 g/mol. The van der Waals surface area contributed by atoms with Gasteiger partial charge in [-0.3, -0.25) is 18.9 Å². The van der Waals surface area contributed by atoms with E-state index in [4.69, 9.17) is 10.1 Å². The number of hydrogen-bond acceptors (Lipinski definition) is 7. The summed E-state index contributed by atoms with van der Waals surface area (Å²) in [5.74, 6) is 0.505. The van der Waals surface area contributed by atoms with Gasteiger partial charge in [-0.1, -0.05) is 12.1 Å². The van der Waals surface area contributed by atoms with Crippen LogP contribution in [0.5, 0.6) is 0 Å². The number of hydrogen-bond donors (Lipinski definition) is 3. The van der Waals surface area contributed by atoms with Crippen molar-refractivity contribution < 1.29 is 19.1 Å². The number of nitrogens with one attached hydrogen (secondary N) is 2. The van der Waals surface area contributed by atoms with E-state index in [1.165, 1.54) is 25.0 Å². The maximum atomic E-state index is 13.7. The number of rotatable bonds is 6. The van der Waals surface area contributed by atoms with Crippen molar-refractivity contribution in [1.29, 1.82) is 0 Å². The molecule has 4 aromatic rings. The highest BCUT2D eigenvalue weighted by molar-refractivity contribution is 6.06. The molecule has 3 N–H and O–H groups in total. The van der Waals surface area contributed by atoms with Crippen LogP contribution in [0.3, 0.4) is 0 Å². The minimum Gasteiger partial charge on any atom is -0.400 e. The Hall–Kier alpha value is -4.35. The third-order valence-electron chi connectivity index (χ3n) is 8.66. The molecule has 6 heterocycles. The van der Waals surface area contributed by atoms with Crippen molar-refractivity contribution in [2.45, 2.75) is 44.7 Å². The van der Waals surface area contributed by atoms with E-state index >= 15 is 0 Å². The van der Waals surface area contributed by atoms with E-state index in [1.54, 1.807) is 17.3 Å². The van der Waals surface area contributed by atoms with E-state index in [0.29, 0.717) is 35.7 Å². The minimum atomic E-state index is -0.346. The van der Waals surface area contributed by atoms with Crippen molar-refractivity contribution >= 4 is 29.0 Å². The number of aliphatic hydroxyl groups excluding tert-OH is 1. The SMILES string of the molecule is CN1CCC(c2ccc(Nc3ccc(-c4cnc5cc(F)ccn45)c4c3C(=O)NC4)nc2CN2CCCC2)CC1=O.CO. The number of anilines is 2. The van der Waals surface area contributed by atoms with Gasteiger partial charge in [0.05, 0.1) is 28.8 Å². The second kappa shape index (κ2) is 12.1. The Balaban J connectivity index is 0.00000161. The van der Waals surface area contributed by atoms with Gasteiger partial charge in [0.15, 0.2) is 0 Å². The van der Waals surface area contributed by atoms with Crippen LogP contribution in [0.25, 0.3) is 16.9 Å². The van der Waals surface area contributed by atoms with E-state index in [-0.39, 0.29) is 23.5 Å². The maximum absolute atomic E-state index is 13.7. The smallest absolute Gasteiger partial charge is 0.254 e. The van der Waals surface area contributed by atoms with E-state index in [1.807, 2.05) is 29.6 Å². The highest BCUT2D eigenvalue weighted by Crippen LogP contribution is 2.37. The molecule has 1 aromatic carbocycles. The lowest BCUT2D eigenvalue weighted by molar-refractivity contribution is -0.132. The third kappa shape index (κ3) is 5.57. The molecule has 7 rings (SSSR count). The second-order valence-electron chi connectivity index (χ2n) is 11.3. The topological polar surface area (TPSA) is 115 Å². The number of likely N-dealkylation sites (tertiary alicyclic amines) is 2. The average Bonchev–Trinajstić information content (AvgIpc) is 3.77. The number of piperidine rings is 1. The van der Waals surface area contributed by atoms with Gasteiger partial charge in [-0.25, -0.2) is 14.4 Å². The first-order chi connectivity index (χ1) is 20.9. The van der Waals surface area contributed by atoms with Gasteiger partial charge in [0.2, 0.25) is 5.91 Å². The number of fused-ring (bicyclic) bond motifs is 2. The Morgan fingerprint density at radius 3 is 2.70 bits per heavy atom. The fourth-order valence-corrected chi connectivity index (χ4v) is 6.43. The van der Waals surface area contributed by atoms with Gasteiger partial charge in [0, 0.05) is 58.0 Å². The summed E-state index contributed by atoms with van der Waals surface area (Å²) in [7, 11) is 2.87. The van der Waals surface area contributed by atoms with Crippen LogP contribution in [0.1, 0.15) is 58.8 Å². The first-order valence-corrected chi connectivity index (χ1v) is 14.7. The molecule has 0 bridgehead atoms. The second-order valence-corrected chi connectivity index (χ2v) is 11.3. The quantitative estimate of drug-likeness (QED) is 0.313. The zero-order chi connectivity index (χ0) is 30.1. The van der Waals surface area contributed by atoms with Gasteiger partial charge in [0.25, 0.3) is 5.91 Å². The molecule has 1 atom stereocenters. The Morgan fingerprint density at radius 1 is 1.09 bits per heavy atom. The number of pyridine rings is 2. The van der Waals surface area contributed by atoms with Crippen LogP contribution < -0.4 is 10.6 Å². The van der Waals surface area contributed by atoms with Gasteiger partial charge in [-0.05, 0) is 67.6 Å². The molecule has 2 saturated heterocycles. The lowest BCUT2D eigenvalue weighted by Gasteiger charge is -2.30. The van der Waals surface area contributed by atoms with Crippen LogP contribution in [-0.2, 0) is 17.9 Å². The van der Waals surface area contributed by atoms with Gasteiger partial charge >= 0.3 is 0 Å². The summed E-state index contributed by atoms with van der Waals surface area (Å²) in [6.45, 7) is 4.00. The molecule has 3 aliphatic rings. The summed E-state index contributed by atoms with van der Waals surface area (Å²) in [4.78, 5) is 39.2. The first kappa shape index (κ1) is 28.8. The molecular weight excluding hydrogens is 549 g/mol. The normalized spacial score (nSPS) is 18.4. The largest absolute Gasteiger partial charge is 0.400 e. The maximum Gasteiger partial charge on any atom is 0.254 e. The summed E-state index contributed by atoms with van der Waals surface area (Å²) in [5.41, 5.74) is 6.43. The highest BCUT2D eigenvalue weighted by Gasteiger charge is 2.29. The van der Waals surface area contributed by atoms with E-state index in [0.717, 1.165) is 67.8 Å². The zero-order valence-electron chi connectivity index (χ0n) is 24.4. The summed E-state index contributed by atoms with van der Waals surface area (Å²) in [6.07, 6.45) is 7.17. The van der Waals surface area contributed by atoms with Crippen LogP contribution in [0.15, 0.2) is 48.8 Å². The van der Waals surface area contributed by atoms with Crippen LogP contribution in [0, 0.1) is 5.82 Å². The molecule has 1 unspecified atom stereocenters. The Labute approximate surface area is 249 Å². The number of amides is 2. The van der Waals surface area contributed by atoms with Crippen molar-refractivity contribution in [3.8, 4) is 11.3 Å². The Morgan fingerprint density at radius 2 is 1.91 bits per heavy atom. The number of benzene rings is 1. The number of nitrogens with zero attached hydrogens (tertiary/aromatic N) is 5. The first-order valence-electron chi connectivity index (χ1n) is 14.7. The van der Waals surface area contributed by atoms with Gasteiger partial charge in [-0.2, -0.15) is 0 Å². The number of aromatic nitrogens is 3. The van der Waals surface area contributed by atoms with Crippen LogP contribution in [-0.4, -0.2) is 74.9 Å². The summed E-state index contributed by atoms with van der Waals surface area (Å²) in [5, 5.41) is 13.4. The third-order valence-corrected chi connectivity index (χ3v) is 8.66. The number of aliphatic hydroxyl groups is 1.